The number of carbonyl (C=O) groups is 1. The van der Waals surface area contributed by atoms with Gasteiger partial charge in [0.15, 0.2) is 5.51 Å². The van der Waals surface area contributed by atoms with Gasteiger partial charge in [-0.3, -0.25) is 4.79 Å². The molecule has 0 bridgehead atoms. The fraction of sp³-hybridized carbons (Fsp3) is 0. The molecular formula is C10H5Cl2N2OS. The van der Waals surface area contributed by atoms with Crippen LogP contribution in [0, 0.1) is 5.51 Å². The van der Waals surface area contributed by atoms with E-state index >= 15 is 0 Å². The highest BCUT2D eigenvalue weighted by Crippen LogP contribution is 2.30. The van der Waals surface area contributed by atoms with Gasteiger partial charge in [-0.05, 0) is 12.1 Å². The van der Waals surface area contributed by atoms with Crippen LogP contribution in [-0.4, -0.2) is 10.9 Å². The van der Waals surface area contributed by atoms with Gasteiger partial charge in [-0.15, -0.1) is 11.3 Å². The molecule has 1 amide bonds. The third-order valence-electron chi connectivity index (χ3n) is 1.94. The van der Waals surface area contributed by atoms with Crippen molar-refractivity contribution in [2.24, 2.45) is 5.73 Å². The fourth-order valence-electron chi connectivity index (χ4n) is 1.22. The molecule has 1 aromatic carbocycles. The predicted octanol–water partition coefficient (Wildman–Crippen LogP) is 3.02. The number of amides is 1. The largest absolute Gasteiger partial charge is 0.365 e. The number of aromatic nitrogens is 1. The van der Waals surface area contributed by atoms with Crippen molar-refractivity contribution in [3.8, 4) is 11.3 Å². The highest BCUT2D eigenvalue weighted by Gasteiger charge is 2.14. The molecule has 1 radical (unpaired) electrons. The van der Waals surface area contributed by atoms with Gasteiger partial charge in [0.05, 0.1) is 15.7 Å². The number of halogens is 2. The fourth-order valence-corrected chi connectivity index (χ4v) is 2.11. The molecular weight excluding hydrogens is 267 g/mol. The third kappa shape index (κ3) is 2.04. The second kappa shape index (κ2) is 4.41. The molecule has 1 heterocycles. The zero-order valence-electron chi connectivity index (χ0n) is 7.83. The molecule has 3 nitrogen and oxygen atoms in total. The van der Waals surface area contributed by atoms with Crippen LogP contribution in [0.25, 0.3) is 11.3 Å². The predicted molar refractivity (Wildman–Crippen MR) is 64.9 cm³/mol. The quantitative estimate of drug-likeness (QED) is 0.913. The van der Waals surface area contributed by atoms with Crippen LogP contribution >= 0.6 is 34.5 Å². The molecule has 0 aliphatic heterocycles. The number of primary amides is 1. The zero-order chi connectivity index (χ0) is 11.7. The minimum Gasteiger partial charge on any atom is -0.365 e. The van der Waals surface area contributed by atoms with E-state index in [2.05, 4.69) is 10.5 Å². The van der Waals surface area contributed by atoms with Crippen molar-refractivity contribution in [1.82, 2.24) is 4.98 Å². The van der Waals surface area contributed by atoms with Gasteiger partial charge in [-0.2, -0.15) is 0 Å². The lowest BCUT2D eigenvalue weighted by Gasteiger charge is -2.01. The highest BCUT2D eigenvalue weighted by atomic mass is 35.5. The first-order valence-electron chi connectivity index (χ1n) is 4.21. The highest BCUT2D eigenvalue weighted by molar-refractivity contribution is 7.11. The zero-order valence-corrected chi connectivity index (χ0v) is 10.2. The summed E-state index contributed by atoms with van der Waals surface area (Å²) in [5.41, 5.74) is 9.02. The molecule has 1 aromatic heterocycles. The molecule has 0 atom stereocenters. The van der Waals surface area contributed by atoms with Gasteiger partial charge in [0, 0.05) is 5.56 Å². The molecule has 0 spiro atoms. The molecule has 81 valence electrons. The van der Waals surface area contributed by atoms with Crippen LogP contribution in [0.2, 0.25) is 10.0 Å². The first-order valence-corrected chi connectivity index (χ1v) is 5.79. The molecule has 0 aliphatic rings. The van der Waals surface area contributed by atoms with Crippen molar-refractivity contribution in [2.45, 2.75) is 0 Å². The minimum absolute atomic E-state index is 0.360. The summed E-state index contributed by atoms with van der Waals surface area (Å²) in [5, 5.41) is 0.854. The van der Waals surface area contributed by atoms with E-state index in [1.807, 2.05) is 0 Å². The van der Waals surface area contributed by atoms with E-state index < -0.39 is 5.91 Å². The Hall–Kier alpha value is -1.10. The van der Waals surface area contributed by atoms with Crippen molar-refractivity contribution < 1.29 is 4.79 Å². The Kier molecular flexibility index (Phi) is 3.14. The van der Waals surface area contributed by atoms with Crippen LogP contribution in [0.4, 0.5) is 0 Å². The number of hydrogen-bond donors (Lipinski definition) is 1. The molecule has 0 saturated heterocycles. The summed E-state index contributed by atoms with van der Waals surface area (Å²) in [5.74, 6) is -0.528. The van der Waals surface area contributed by atoms with Gasteiger partial charge < -0.3 is 5.73 Å². The van der Waals surface area contributed by atoms with E-state index in [0.717, 1.165) is 11.3 Å². The third-order valence-corrected chi connectivity index (χ3v) is 3.46. The van der Waals surface area contributed by atoms with Crippen LogP contribution in [0.3, 0.4) is 0 Å². The summed E-state index contributed by atoms with van der Waals surface area (Å²) >= 11 is 12.8. The average Bonchev–Trinajstić information content (AvgIpc) is 2.71. The van der Waals surface area contributed by atoms with Crippen molar-refractivity contribution in [3.63, 3.8) is 0 Å². The van der Waals surface area contributed by atoms with Gasteiger partial charge >= 0.3 is 0 Å². The first kappa shape index (κ1) is 11.4. The lowest BCUT2D eigenvalue weighted by Crippen LogP contribution is -2.10. The first-order chi connectivity index (χ1) is 7.59. The van der Waals surface area contributed by atoms with Crippen LogP contribution in [0.15, 0.2) is 18.2 Å². The molecule has 2 aromatic rings. The second-order valence-electron chi connectivity index (χ2n) is 2.98. The molecule has 2 N–H and O–H groups in total. The van der Waals surface area contributed by atoms with Gasteiger partial charge in [-0.1, -0.05) is 29.3 Å². The van der Waals surface area contributed by atoms with E-state index in [0.29, 0.717) is 26.2 Å². The summed E-state index contributed by atoms with van der Waals surface area (Å²) in [4.78, 5) is 15.5. The Morgan fingerprint density at radius 3 is 2.75 bits per heavy atom. The average molecular weight is 272 g/mol. The monoisotopic (exact) mass is 271 g/mol. The van der Waals surface area contributed by atoms with E-state index in [1.165, 1.54) is 0 Å². The number of nitrogens with two attached hydrogens (primary N) is 1. The van der Waals surface area contributed by atoms with Crippen molar-refractivity contribution in [3.05, 3.63) is 38.6 Å². The van der Waals surface area contributed by atoms with Crippen molar-refractivity contribution in [2.75, 3.05) is 0 Å². The number of benzene rings is 1. The Morgan fingerprint density at radius 2 is 2.12 bits per heavy atom. The van der Waals surface area contributed by atoms with Gasteiger partial charge in [0.1, 0.15) is 4.88 Å². The molecule has 0 fully saturated rings. The van der Waals surface area contributed by atoms with Crippen molar-refractivity contribution >= 4 is 40.4 Å². The molecule has 0 aliphatic carbocycles. The molecule has 6 heteroatoms. The number of rotatable bonds is 2. The summed E-state index contributed by atoms with van der Waals surface area (Å²) < 4.78 is 0. The number of hydrogen-bond acceptors (Lipinski definition) is 3. The van der Waals surface area contributed by atoms with Crippen LogP contribution in [0.5, 0.6) is 0 Å². The number of thiazole rings is 1. The minimum atomic E-state index is -0.528. The van der Waals surface area contributed by atoms with Gasteiger partial charge in [0.25, 0.3) is 5.91 Å². The van der Waals surface area contributed by atoms with Crippen LogP contribution < -0.4 is 5.73 Å². The lowest BCUT2D eigenvalue weighted by molar-refractivity contribution is 0.100. The maximum Gasteiger partial charge on any atom is 0.261 e. The SMILES string of the molecule is NC(=O)c1s[c]nc1-c1ccc(Cl)c(Cl)c1. The van der Waals surface area contributed by atoms with Crippen LogP contribution in [-0.2, 0) is 0 Å². The summed E-state index contributed by atoms with van der Waals surface area (Å²) in [7, 11) is 0. The molecule has 0 saturated carbocycles. The Labute approximate surface area is 106 Å². The Balaban J connectivity index is 2.54. The van der Waals surface area contributed by atoms with Gasteiger partial charge in [0.2, 0.25) is 0 Å². The van der Waals surface area contributed by atoms with E-state index in [-0.39, 0.29) is 0 Å². The number of nitrogens with zero attached hydrogens (tertiary/aromatic N) is 1. The smallest absolute Gasteiger partial charge is 0.261 e. The summed E-state index contributed by atoms with van der Waals surface area (Å²) in [6, 6.07) is 5.01. The van der Waals surface area contributed by atoms with E-state index in [9.17, 15) is 4.79 Å². The maximum absolute atomic E-state index is 11.1. The Bertz CT molecular complexity index is 554. The lowest BCUT2D eigenvalue weighted by atomic mass is 10.1. The topological polar surface area (TPSA) is 56.0 Å². The maximum atomic E-state index is 11.1. The Morgan fingerprint density at radius 1 is 1.38 bits per heavy atom. The standard InChI is InChI=1S/C10H5Cl2N2OS/c11-6-2-1-5(3-7(6)12)8-9(10(13)15)16-4-14-8/h1-3H,(H2,13,15). The second-order valence-corrected chi connectivity index (χ2v) is 4.59. The summed E-state index contributed by atoms with van der Waals surface area (Å²) in [6.07, 6.45) is 0. The normalized spacial score (nSPS) is 10.4. The summed E-state index contributed by atoms with van der Waals surface area (Å²) in [6.45, 7) is 0. The number of carbonyl (C=O) groups excluding carboxylic acids is 1. The van der Waals surface area contributed by atoms with E-state index in [4.69, 9.17) is 28.9 Å². The molecule has 16 heavy (non-hydrogen) atoms. The molecule has 0 unspecified atom stereocenters. The van der Waals surface area contributed by atoms with E-state index in [1.54, 1.807) is 18.2 Å². The van der Waals surface area contributed by atoms with Crippen molar-refractivity contribution in [1.29, 1.82) is 0 Å². The van der Waals surface area contributed by atoms with Crippen LogP contribution in [0.1, 0.15) is 9.67 Å². The molecule has 2 rings (SSSR count). The van der Waals surface area contributed by atoms with Gasteiger partial charge in [-0.25, -0.2) is 4.98 Å².